The van der Waals surface area contributed by atoms with Crippen molar-refractivity contribution in [2.75, 3.05) is 19.8 Å². The standard InChI is InChI=1S/C34H58NO10P/c1-3-5-6-7-8-9-10-11-12-13-14-15-16-17-18-19-20-21-22-23-24-26-33(38)43-27-30(36)28-44-46(41,42)45-29-31(34(39)40)35-32(37)25-4-2/h8-9,11-12,14-15,17-18,30-31,36H,3-7,10,13,16,19-29H2,1-2H3,(H,35,37)(H,39,40)(H,41,42)/b9-8-,12-11-,15-14-,18-17-. The van der Waals surface area contributed by atoms with Crippen LogP contribution >= 0.6 is 7.82 Å². The largest absolute Gasteiger partial charge is 0.480 e. The van der Waals surface area contributed by atoms with Crippen molar-refractivity contribution >= 4 is 25.7 Å². The van der Waals surface area contributed by atoms with Crippen LogP contribution in [0.15, 0.2) is 48.6 Å². The molecule has 0 aliphatic carbocycles. The molecule has 0 saturated carbocycles. The number of aliphatic hydroxyl groups is 1. The Morgan fingerprint density at radius 3 is 1.78 bits per heavy atom. The number of carboxylic acid groups (broad SMARTS) is 1. The Balaban J connectivity index is 3.82. The zero-order valence-electron chi connectivity index (χ0n) is 27.9. The number of phosphoric ester groups is 1. The number of amides is 1. The van der Waals surface area contributed by atoms with Crippen molar-refractivity contribution in [2.45, 2.75) is 129 Å². The number of ether oxygens (including phenoxy) is 1. The topological polar surface area (TPSA) is 169 Å². The molecule has 46 heavy (non-hydrogen) atoms. The van der Waals surface area contributed by atoms with E-state index >= 15 is 0 Å². The van der Waals surface area contributed by atoms with Gasteiger partial charge in [-0.05, 0) is 57.8 Å². The van der Waals surface area contributed by atoms with Gasteiger partial charge in [-0.3, -0.25) is 18.6 Å². The number of allylic oxidation sites excluding steroid dienone is 8. The van der Waals surface area contributed by atoms with Gasteiger partial charge in [0.25, 0.3) is 0 Å². The molecule has 0 heterocycles. The maximum Gasteiger partial charge on any atom is 0.472 e. The van der Waals surface area contributed by atoms with Crippen molar-refractivity contribution < 1.29 is 47.8 Å². The summed E-state index contributed by atoms with van der Waals surface area (Å²) in [5, 5.41) is 21.2. The smallest absolute Gasteiger partial charge is 0.472 e. The summed E-state index contributed by atoms with van der Waals surface area (Å²) in [4.78, 5) is 44.4. The van der Waals surface area contributed by atoms with Gasteiger partial charge in [-0.25, -0.2) is 9.36 Å². The van der Waals surface area contributed by atoms with Gasteiger partial charge >= 0.3 is 19.8 Å². The summed E-state index contributed by atoms with van der Waals surface area (Å²) in [6, 6.07) is -1.54. The molecule has 0 aromatic rings. The zero-order valence-corrected chi connectivity index (χ0v) is 28.7. The van der Waals surface area contributed by atoms with Crippen molar-refractivity contribution in [3.63, 3.8) is 0 Å². The Kier molecular flexibility index (Phi) is 28.2. The number of esters is 1. The Labute approximate surface area is 275 Å². The number of aliphatic hydroxyl groups excluding tert-OH is 1. The SMILES string of the molecule is CCCCC/C=C\C/C=C\C/C=C\C/C=C\CCCCCCCC(=O)OCC(O)COP(=O)(O)OCC(NC(=O)CCC)C(=O)O. The summed E-state index contributed by atoms with van der Waals surface area (Å²) >= 11 is 0. The number of nitrogens with one attached hydrogen (secondary N) is 1. The number of hydrogen-bond acceptors (Lipinski definition) is 8. The molecule has 12 heteroatoms. The van der Waals surface area contributed by atoms with Crippen molar-refractivity contribution in [1.82, 2.24) is 5.32 Å². The van der Waals surface area contributed by atoms with E-state index in [2.05, 4.69) is 69.9 Å². The third kappa shape index (κ3) is 28.9. The second-order valence-corrected chi connectivity index (χ2v) is 12.5. The van der Waals surface area contributed by atoms with Crippen molar-refractivity contribution in [1.29, 1.82) is 0 Å². The third-order valence-electron chi connectivity index (χ3n) is 6.59. The van der Waals surface area contributed by atoms with Gasteiger partial charge in [0.2, 0.25) is 5.91 Å². The van der Waals surface area contributed by atoms with E-state index in [1.807, 2.05) is 0 Å². The van der Waals surface area contributed by atoms with Gasteiger partial charge in [-0.2, -0.15) is 0 Å². The maximum atomic E-state index is 12.0. The molecule has 11 nitrogen and oxygen atoms in total. The van der Waals surface area contributed by atoms with E-state index < -0.39 is 57.6 Å². The van der Waals surface area contributed by atoms with Crippen molar-refractivity contribution in [3.05, 3.63) is 48.6 Å². The first-order valence-corrected chi connectivity index (χ1v) is 18.2. The van der Waals surface area contributed by atoms with Gasteiger partial charge in [-0.15, -0.1) is 0 Å². The molecule has 1 amide bonds. The number of hydrogen-bond donors (Lipinski definition) is 4. The minimum atomic E-state index is -4.72. The summed E-state index contributed by atoms with van der Waals surface area (Å²) in [7, 11) is -4.72. The molecule has 3 unspecified atom stereocenters. The van der Waals surface area contributed by atoms with E-state index in [4.69, 9.17) is 9.84 Å². The molecule has 264 valence electrons. The third-order valence-corrected chi connectivity index (χ3v) is 7.54. The van der Waals surface area contributed by atoms with Crippen LogP contribution in [0, 0.1) is 0 Å². The molecule has 0 radical (unpaired) electrons. The highest BCUT2D eigenvalue weighted by Crippen LogP contribution is 2.43. The number of carbonyl (C=O) groups is 3. The second-order valence-electron chi connectivity index (χ2n) is 11.0. The normalized spacial score (nSPS) is 14.7. The van der Waals surface area contributed by atoms with Crippen LogP contribution in [0.3, 0.4) is 0 Å². The number of unbranched alkanes of at least 4 members (excludes halogenated alkanes) is 8. The first-order chi connectivity index (χ1) is 22.1. The molecule has 0 aliphatic heterocycles. The Morgan fingerprint density at radius 1 is 0.696 bits per heavy atom. The zero-order chi connectivity index (χ0) is 34.3. The fraction of sp³-hybridized carbons (Fsp3) is 0.676. The molecule has 4 N–H and O–H groups in total. The van der Waals surface area contributed by atoms with E-state index in [0.29, 0.717) is 12.8 Å². The van der Waals surface area contributed by atoms with Gasteiger partial charge in [0.1, 0.15) is 12.7 Å². The summed E-state index contributed by atoms with van der Waals surface area (Å²) in [6.07, 6.45) is 30.8. The predicted molar refractivity (Wildman–Crippen MR) is 180 cm³/mol. The molecule has 0 aliphatic rings. The molecular formula is C34H58NO10P. The number of rotatable bonds is 30. The molecule has 0 bridgehead atoms. The molecule has 0 spiro atoms. The monoisotopic (exact) mass is 671 g/mol. The highest BCUT2D eigenvalue weighted by Gasteiger charge is 2.28. The van der Waals surface area contributed by atoms with E-state index in [0.717, 1.165) is 51.4 Å². The van der Waals surface area contributed by atoms with Gasteiger partial charge in [-0.1, -0.05) is 94.6 Å². The highest BCUT2D eigenvalue weighted by atomic mass is 31.2. The molecular weight excluding hydrogens is 613 g/mol. The fourth-order valence-corrected chi connectivity index (χ4v) is 4.76. The lowest BCUT2D eigenvalue weighted by atomic mass is 10.1. The fourth-order valence-electron chi connectivity index (χ4n) is 3.99. The lowest BCUT2D eigenvalue weighted by Gasteiger charge is -2.18. The van der Waals surface area contributed by atoms with Crippen LogP contribution in [0.5, 0.6) is 0 Å². The Hall–Kier alpha value is -2.56. The number of phosphoric acid groups is 1. The van der Waals surface area contributed by atoms with Gasteiger partial charge < -0.3 is 25.2 Å². The van der Waals surface area contributed by atoms with E-state index in [1.165, 1.54) is 25.7 Å². The lowest BCUT2D eigenvalue weighted by molar-refractivity contribution is -0.147. The lowest BCUT2D eigenvalue weighted by Crippen LogP contribution is -2.43. The first kappa shape index (κ1) is 43.4. The highest BCUT2D eigenvalue weighted by molar-refractivity contribution is 7.47. The Morgan fingerprint density at radius 2 is 1.22 bits per heavy atom. The predicted octanol–water partition coefficient (Wildman–Crippen LogP) is 7.10. The second kappa shape index (κ2) is 29.8. The van der Waals surface area contributed by atoms with Gasteiger partial charge in [0.15, 0.2) is 6.04 Å². The summed E-state index contributed by atoms with van der Waals surface area (Å²) < 4.78 is 26.2. The van der Waals surface area contributed by atoms with Crippen LogP contribution in [0.25, 0.3) is 0 Å². The number of aliphatic carboxylic acids is 1. The van der Waals surface area contributed by atoms with Crippen LogP contribution in [0.1, 0.15) is 117 Å². The van der Waals surface area contributed by atoms with E-state index in [1.54, 1.807) is 6.92 Å². The minimum absolute atomic E-state index is 0.0926. The number of carboxylic acids is 1. The number of carbonyl (C=O) groups excluding carboxylic acids is 2. The average molecular weight is 672 g/mol. The first-order valence-electron chi connectivity index (χ1n) is 16.7. The molecule has 0 rings (SSSR count). The van der Waals surface area contributed by atoms with Gasteiger partial charge in [0, 0.05) is 12.8 Å². The molecule has 0 saturated heterocycles. The molecule has 3 atom stereocenters. The molecule has 0 fully saturated rings. The molecule has 0 aromatic carbocycles. The van der Waals surface area contributed by atoms with E-state index in [-0.39, 0.29) is 12.8 Å². The van der Waals surface area contributed by atoms with Crippen LogP contribution in [-0.2, 0) is 32.7 Å². The minimum Gasteiger partial charge on any atom is -0.480 e. The van der Waals surface area contributed by atoms with Crippen LogP contribution in [0.2, 0.25) is 0 Å². The Bertz CT molecular complexity index is 979. The van der Waals surface area contributed by atoms with Crippen LogP contribution < -0.4 is 5.32 Å². The van der Waals surface area contributed by atoms with Crippen molar-refractivity contribution in [2.24, 2.45) is 0 Å². The van der Waals surface area contributed by atoms with Crippen LogP contribution in [-0.4, -0.2) is 64.9 Å². The summed E-state index contributed by atoms with van der Waals surface area (Å²) in [5.41, 5.74) is 0. The van der Waals surface area contributed by atoms with E-state index in [9.17, 15) is 28.9 Å². The maximum absolute atomic E-state index is 12.0. The van der Waals surface area contributed by atoms with Gasteiger partial charge in [0.05, 0.1) is 13.2 Å². The van der Waals surface area contributed by atoms with Crippen LogP contribution in [0.4, 0.5) is 0 Å². The summed E-state index contributed by atoms with van der Waals surface area (Å²) in [5.74, 6) is -2.47. The quantitative estimate of drug-likeness (QED) is 0.0267. The molecule has 0 aromatic heterocycles. The average Bonchev–Trinajstić information content (AvgIpc) is 3.01. The summed E-state index contributed by atoms with van der Waals surface area (Å²) in [6.45, 7) is 2.04. The van der Waals surface area contributed by atoms with Crippen molar-refractivity contribution in [3.8, 4) is 0 Å².